The van der Waals surface area contributed by atoms with E-state index in [1.165, 1.54) is 7.11 Å². The van der Waals surface area contributed by atoms with Crippen molar-refractivity contribution in [3.05, 3.63) is 23.3 Å². The van der Waals surface area contributed by atoms with Gasteiger partial charge in [0.25, 0.3) is 0 Å². The molecule has 0 N–H and O–H groups in total. The minimum absolute atomic E-state index is 0.101. The van der Waals surface area contributed by atoms with Crippen molar-refractivity contribution in [1.82, 2.24) is 0 Å². The summed E-state index contributed by atoms with van der Waals surface area (Å²) in [4.78, 5) is 24.2. The summed E-state index contributed by atoms with van der Waals surface area (Å²) < 4.78 is 10.1. The molecule has 4 heteroatoms. The van der Waals surface area contributed by atoms with Gasteiger partial charge in [0.15, 0.2) is 0 Å². The van der Waals surface area contributed by atoms with E-state index >= 15 is 0 Å². The van der Waals surface area contributed by atoms with Gasteiger partial charge in [-0.25, -0.2) is 9.59 Å². The highest BCUT2D eigenvalue weighted by molar-refractivity contribution is 5.90. The van der Waals surface area contributed by atoms with Crippen molar-refractivity contribution in [2.45, 2.75) is 59.3 Å². The van der Waals surface area contributed by atoms with E-state index in [0.717, 1.165) is 49.7 Å². The molecular formula is C21H30O4. The molecule has 0 unspecified atom stereocenters. The van der Waals surface area contributed by atoms with E-state index in [9.17, 15) is 9.59 Å². The third-order valence-corrected chi connectivity index (χ3v) is 7.35. The molecule has 1 heterocycles. The van der Waals surface area contributed by atoms with Gasteiger partial charge in [-0.3, -0.25) is 0 Å². The van der Waals surface area contributed by atoms with Crippen LogP contribution in [0.25, 0.3) is 0 Å². The number of cyclic esters (lactones) is 1. The lowest BCUT2D eigenvalue weighted by Crippen LogP contribution is -2.51. The van der Waals surface area contributed by atoms with Crippen LogP contribution in [0.4, 0.5) is 0 Å². The van der Waals surface area contributed by atoms with E-state index in [1.54, 1.807) is 0 Å². The van der Waals surface area contributed by atoms with Crippen LogP contribution in [0, 0.1) is 22.7 Å². The van der Waals surface area contributed by atoms with E-state index in [0.29, 0.717) is 18.4 Å². The second-order valence-corrected chi connectivity index (χ2v) is 8.43. The van der Waals surface area contributed by atoms with Crippen molar-refractivity contribution in [3.8, 4) is 0 Å². The predicted molar refractivity (Wildman–Crippen MR) is 95.7 cm³/mol. The lowest BCUT2D eigenvalue weighted by Gasteiger charge is -2.57. The highest BCUT2D eigenvalue weighted by atomic mass is 16.5. The van der Waals surface area contributed by atoms with Crippen LogP contribution >= 0.6 is 0 Å². The number of carbonyl (C=O) groups excluding carboxylic acids is 2. The molecule has 1 fully saturated rings. The first-order chi connectivity index (χ1) is 11.8. The van der Waals surface area contributed by atoms with Crippen molar-refractivity contribution in [2.75, 3.05) is 13.7 Å². The number of rotatable bonds is 4. The number of carbonyl (C=O) groups is 2. The van der Waals surface area contributed by atoms with Gasteiger partial charge in [0, 0.05) is 16.6 Å². The molecule has 1 saturated carbocycles. The van der Waals surface area contributed by atoms with Crippen LogP contribution in [-0.2, 0) is 19.1 Å². The van der Waals surface area contributed by atoms with E-state index in [1.807, 2.05) is 6.08 Å². The smallest absolute Gasteiger partial charge is 0.334 e. The van der Waals surface area contributed by atoms with Crippen molar-refractivity contribution in [2.24, 2.45) is 22.7 Å². The molecule has 0 spiro atoms. The summed E-state index contributed by atoms with van der Waals surface area (Å²) in [5.74, 6) is 0.668. The topological polar surface area (TPSA) is 52.6 Å². The number of methoxy groups -OCH3 is 1. The molecule has 3 aliphatic rings. The van der Waals surface area contributed by atoms with Crippen molar-refractivity contribution in [1.29, 1.82) is 0 Å². The summed E-state index contributed by atoms with van der Waals surface area (Å²) >= 11 is 0. The molecular weight excluding hydrogens is 316 g/mol. The normalized spacial score (nSPS) is 37.7. The summed E-state index contributed by atoms with van der Waals surface area (Å²) in [5, 5.41) is 0. The molecule has 0 saturated heterocycles. The van der Waals surface area contributed by atoms with Gasteiger partial charge in [0.1, 0.15) is 6.61 Å². The van der Waals surface area contributed by atoms with Gasteiger partial charge in [0.2, 0.25) is 0 Å². The van der Waals surface area contributed by atoms with E-state index in [-0.39, 0.29) is 22.8 Å². The number of hydrogen-bond acceptors (Lipinski definition) is 4. The van der Waals surface area contributed by atoms with Crippen molar-refractivity contribution in [3.63, 3.8) is 0 Å². The Morgan fingerprint density at radius 2 is 2.08 bits per heavy atom. The molecule has 3 rings (SSSR count). The molecule has 0 aromatic heterocycles. The monoisotopic (exact) mass is 346 g/mol. The van der Waals surface area contributed by atoms with Gasteiger partial charge in [-0.1, -0.05) is 26.8 Å². The third-order valence-electron chi connectivity index (χ3n) is 7.35. The number of fused-ring (bicyclic) bond motifs is 1. The lowest BCUT2D eigenvalue weighted by molar-refractivity contribution is -0.140. The zero-order valence-corrected chi connectivity index (χ0v) is 15.9. The molecule has 2 aliphatic carbocycles. The quantitative estimate of drug-likeness (QED) is 0.716. The van der Waals surface area contributed by atoms with Gasteiger partial charge >= 0.3 is 11.9 Å². The predicted octanol–water partition coefficient (Wildman–Crippen LogP) is 4.20. The summed E-state index contributed by atoms with van der Waals surface area (Å²) in [6.45, 7) is 7.35. The summed E-state index contributed by atoms with van der Waals surface area (Å²) in [5.41, 5.74) is 1.66. The average molecular weight is 346 g/mol. The molecule has 4 atom stereocenters. The third kappa shape index (κ3) is 2.94. The van der Waals surface area contributed by atoms with Gasteiger partial charge in [-0.15, -0.1) is 0 Å². The van der Waals surface area contributed by atoms with Crippen LogP contribution in [0.15, 0.2) is 23.3 Å². The Kier molecular flexibility index (Phi) is 4.82. The average Bonchev–Trinajstić information content (AvgIpc) is 3.01. The Morgan fingerprint density at radius 1 is 1.32 bits per heavy atom. The van der Waals surface area contributed by atoms with Crippen LogP contribution in [0.5, 0.6) is 0 Å². The zero-order chi connectivity index (χ0) is 18.2. The van der Waals surface area contributed by atoms with E-state index < -0.39 is 0 Å². The summed E-state index contributed by atoms with van der Waals surface area (Å²) in [7, 11) is 1.47. The maximum Gasteiger partial charge on any atom is 0.334 e. The SMILES string of the molecule is COC(=O)C1=CCC[C@@H]2[C@@](C)(CCC3=CCOC3=O)[C@H](C)CC[C@@]12C. The fraction of sp³-hybridized carbons (Fsp3) is 0.714. The molecule has 138 valence electrons. The van der Waals surface area contributed by atoms with Crippen LogP contribution in [0.1, 0.15) is 59.3 Å². The fourth-order valence-corrected chi connectivity index (χ4v) is 5.54. The zero-order valence-electron chi connectivity index (χ0n) is 15.9. The van der Waals surface area contributed by atoms with Crippen molar-refractivity contribution < 1.29 is 19.1 Å². The first-order valence-corrected chi connectivity index (χ1v) is 9.48. The van der Waals surface area contributed by atoms with Crippen LogP contribution in [-0.4, -0.2) is 25.7 Å². The van der Waals surface area contributed by atoms with E-state index in [2.05, 4.69) is 26.8 Å². The number of hydrogen-bond donors (Lipinski definition) is 0. The maximum atomic E-state index is 12.4. The minimum atomic E-state index is -0.175. The minimum Gasteiger partial charge on any atom is -0.466 e. The molecule has 0 radical (unpaired) electrons. The molecule has 0 amide bonds. The lowest BCUT2D eigenvalue weighted by atomic mass is 9.46. The van der Waals surface area contributed by atoms with Gasteiger partial charge in [-0.2, -0.15) is 0 Å². The molecule has 25 heavy (non-hydrogen) atoms. The molecule has 0 aromatic carbocycles. The van der Waals surface area contributed by atoms with Crippen LogP contribution in [0.2, 0.25) is 0 Å². The number of esters is 2. The largest absolute Gasteiger partial charge is 0.466 e. The standard InChI is InChI=1S/C21H30O4/c1-14-8-11-21(3)16(19(23)24-4)6-5-7-17(21)20(14,2)12-9-15-10-13-25-18(15)22/h6,10,14,17H,5,7-9,11-13H2,1-4H3/t14-,17-,20+,21+/m1/s1. The second kappa shape index (κ2) is 6.62. The number of allylic oxidation sites excluding steroid dienone is 1. The first-order valence-electron chi connectivity index (χ1n) is 9.48. The summed E-state index contributed by atoms with van der Waals surface area (Å²) in [6.07, 6.45) is 9.89. The highest BCUT2D eigenvalue weighted by Gasteiger charge is 2.55. The highest BCUT2D eigenvalue weighted by Crippen LogP contribution is 2.62. The van der Waals surface area contributed by atoms with Gasteiger partial charge < -0.3 is 9.47 Å². The Labute approximate surface area is 150 Å². The fourth-order valence-electron chi connectivity index (χ4n) is 5.54. The second-order valence-electron chi connectivity index (χ2n) is 8.43. The molecule has 1 aliphatic heterocycles. The van der Waals surface area contributed by atoms with Crippen LogP contribution < -0.4 is 0 Å². The Bertz CT molecular complexity index is 632. The first kappa shape index (κ1) is 18.2. The molecule has 0 bridgehead atoms. The Morgan fingerprint density at radius 3 is 2.72 bits per heavy atom. The molecule has 4 nitrogen and oxygen atoms in total. The van der Waals surface area contributed by atoms with E-state index in [4.69, 9.17) is 9.47 Å². The Balaban J connectivity index is 1.87. The summed E-state index contributed by atoms with van der Waals surface area (Å²) in [6, 6.07) is 0. The maximum absolute atomic E-state index is 12.4. The van der Waals surface area contributed by atoms with Gasteiger partial charge in [-0.05, 0) is 61.9 Å². The molecule has 0 aromatic rings. The number of ether oxygens (including phenoxy) is 2. The van der Waals surface area contributed by atoms with Crippen LogP contribution in [0.3, 0.4) is 0 Å². The van der Waals surface area contributed by atoms with Gasteiger partial charge in [0.05, 0.1) is 7.11 Å². The Hall–Kier alpha value is -1.58. The van der Waals surface area contributed by atoms with Crippen molar-refractivity contribution >= 4 is 11.9 Å².